The van der Waals surface area contributed by atoms with Gasteiger partial charge in [-0.05, 0) is 41.6 Å². The second-order valence-electron chi connectivity index (χ2n) is 5.91. The minimum Gasteiger partial charge on any atom is -0.457 e. The highest BCUT2D eigenvalue weighted by Gasteiger charge is 2.17. The van der Waals surface area contributed by atoms with Gasteiger partial charge in [0.15, 0.2) is 0 Å². The molecular formula is C23H20O4S. The smallest absolute Gasteiger partial charge is 0.343 e. The van der Waals surface area contributed by atoms with Gasteiger partial charge in [0.25, 0.3) is 0 Å². The molecule has 28 heavy (non-hydrogen) atoms. The van der Waals surface area contributed by atoms with E-state index in [0.717, 1.165) is 16.2 Å². The average Bonchev–Trinajstić information content (AvgIpc) is 2.73. The van der Waals surface area contributed by atoms with Gasteiger partial charge in [0.05, 0.1) is 5.56 Å². The van der Waals surface area contributed by atoms with E-state index in [4.69, 9.17) is 9.47 Å². The Morgan fingerprint density at radius 2 is 1.61 bits per heavy atom. The lowest BCUT2D eigenvalue weighted by Gasteiger charge is -2.10. The number of ether oxygens (including phenoxy) is 2. The summed E-state index contributed by atoms with van der Waals surface area (Å²) >= 11 is 1.64. The molecule has 142 valence electrons. The lowest BCUT2D eigenvalue weighted by atomic mass is 10.2. The van der Waals surface area contributed by atoms with Crippen LogP contribution in [0, 0.1) is 0 Å². The number of esters is 2. The van der Waals surface area contributed by atoms with E-state index in [9.17, 15) is 9.59 Å². The summed E-state index contributed by atoms with van der Waals surface area (Å²) in [4.78, 5) is 26.0. The molecule has 5 heteroatoms. The van der Waals surface area contributed by atoms with Crippen molar-refractivity contribution in [1.82, 2.24) is 0 Å². The predicted molar refractivity (Wildman–Crippen MR) is 110 cm³/mol. The first kappa shape index (κ1) is 19.7. The highest BCUT2D eigenvalue weighted by Crippen LogP contribution is 2.23. The van der Waals surface area contributed by atoms with Crippen molar-refractivity contribution >= 4 is 23.7 Å². The molecule has 0 aliphatic heterocycles. The zero-order valence-corrected chi connectivity index (χ0v) is 16.3. The summed E-state index contributed by atoms with van der Waals surface area (Å²) in [6.07, 6.45) is 0. The first-order valence-corrected chi connectivity index (χ1v) is 9.91. The third kappa shape index (κ3) is 5.24. The molecule has 0 unspecified atom stereocenters. The molecule has 0 radical (unpaired) electrons. The van der Waals surface area contributed by atoms with Crippen molar-refractivity contribution in [1.29, 1.82) is 0 Å². The maximum atomic E-state index is 12.5. The summed E-state index contributed by atoms with van der Waals surface area (Å²) in [7, 11) is 0. The van der Waals surface area contributed by atoms with Crippen LogP contribution in [0.3, 0.4) is 0 Å². The van der Waals surface area contributed by atoms with Crippen molar-refractivity contribution < 1.29 is 19.1 Å². The Morgan fingerprint density at radius 1 is 0.857 bits per heavy atom. The lowest BCUT2D eigenvalue weighted by Crippen LogP contribution is -2.13. The van der Waals surface area contributed by atoms with Crippen LogP contribution in [0.5, 0.6) is 5.75 Å². The molecule has 4 nitrogen and oxygen atoms in total. The normalized spacial score (nSPS) is 10.3. The Balaban J connectivity index is 1.72. The van der Waals surface area contributed by atoms with Gasteiger partial charge in [-0.25, -0.2) is 9.59 Å². The van der Waals surface area contributed by atoms with Gasteiger partial charge in [0, 0.05) is 4.90 Å². The summed E-state index contributed by atoms with van der Waals surface area (Å²) in [5.41, 5.74) is 1.53. The van der Waals surface area contributed by atoms with Crippen LogP contribution in [-0.2, 0) is 11.3 Å². The number of carbonyl (C=O) groups is 2. The van der Waals surface area contributed by atoms with Crippen LogP contribution in [0.4, 0.5) is 0 Å². The Labute approximate surface area is 168 Å². The minimum absolute atomic E-state index is 0.151. The van der Waals surface area contributed by atoms with Crippen molar-refractivity contribution in [3.63, 3.8) is 0 Å². The lowest BCUT2D eigenvalue weighted by molar-refractivity contribution is 0.0467. The summed E-state index contributed by atoms with van der Waals surface area (Å²) in [5.74, 6) is 0.0396. The van der Waals surface area contributed by atoms with E-state index >= 15 is 0 Å². The standard InChI is InChI=1S/C23H20O4S/c1-2-28-19-12-8-11-18(15-19)22(24)27-21-14-7-6-13-20(21)23(25)26-16-17-9-4-3-5-10-17/h3-15H,2,16H2,1H3. The van der Waals surface area contributed by atoms with E-state index in [2.05, 4.69) is 0 Å². The van der Waals surface area contributed by atoms with E-state index < -0.39 is 11.9 Å². The molecule has 0 saturated heterocycles. The van der Waals surface area contributed by atoms with Crippen LogP contribution < -0.4 is 4.74 Å². The van der Waals surface area contributed by atoms with Gasteiger partial charge in [-0.3, -0.25) is 0 Å². The quantitative estimate of drug-likeness (QED) is 0.307. The number of rotatable bonds is 7. The maximum Gasteiger partial charge on any atom is 0.343 e. The van der Waals surface area contributed by atoms with Crippen LogP contribution in [0.25, 0.3) is 0 Å². The molecule has 0 N–H and O–H groups in total. The van der Waals surface area contributed by atoms with Gasteiger partial charge in [-0.1, -0.05) is 55.5 Å². The van der Waals surface area contributed by atoms with Crippen LogP contribution in [-0.4, -0.2) is 17.7 Å². The summed E-state index contributed by atoms with van der Waals surface area (Å²) in [6, 6.07) is 23.2. The zero-order chi connectivity index (χ0) is 19.8. The van der Waals surface area contributed by atoms with E-state index in [-0.39, 0.29) is 17.9 Å². The summed E-state index contributed by atoms with van der Waals surface area (Å²) in [6.45, 7) is 2.20. The van der Waals surface area contributed by atoms with E-state index in [1.54, 1.807) is 48.2 Å². The molecule has 0 saturated carbocycles. The Hall–Kier alpha value is -3.05. The molecule has 0 bridgehead atoms. The van der Waals surface area contributed by atoms with Gasteiger partial charge in [-0.2, -0.15) is 0 Å². The van der Waals surface area contributed by atoms with Gasteiger partial charge in [0.2, 0.25) is 0 Å². The van der Waals surface area contributed by atoms with Gasteiger partial charge < -0.3 is 9.47 Å². The van der Waals surface area contributed by atoms with E-state index in [1.807, 2.05) is 49.4 Å². The van der Waals surface area contributed by atoms with E-state index in [0.29, 0.717) is 5.56 Å². The number of hydrogen-bond acceptors (Lipinski definition) is 5. The number of benzene rings is 3. The highest BCUT2D eigenvalue weighted by atomic mass is 32.2. The largest absolute Gasteiger partial charge is 0.457 e. The number of para-hydroxylation sites is 1. The molecule has 3 aromatic carbocycles. The van der Waals surface area contributed by atoms with Gasteiger partial charge in [-0.15, -0.1) is 11.8 Å². The fourth-order valence-electron chi connectivity index (χ4n) is 2.56. The van der Waals surface area contributed by atoms with Crippen molar-refractivity contribution in [3.8, 4) is 5.75 Å². The van der Waals surface area contributed by atoms with Gasteiger partial charge >= 0.3 is 11.9 Å². The topological polar surface area (TPSA) is 52.6 Å². The third-order valence-electron chi connectivity index (χ3n) is 3.90. The highest BCUT2D eigenvalue weighted by molar-refractivity contribution is 7.99. The molecular weight excluding hydrogens is 372 g/mol. The second kappa shape index (κ2) is 9.76. The SMILES string of the molecule is CCSc1cccc(C(=O)Oc2ccccc2C(=O)OCc2ccccc2)c1. The minimum atomic E-state index is -0.539. The molecule has 3 rings (SSSR count). The third-order valence-corrected chi connectivity index (χ3v) is 4.78. The first-order chi connectivity index (χ1) is 13.7. The van der Waals surface area contributed by atoms with Crippen molar-refractivity contribution in [2.75, 3.05) is 5.75 Å². The second-order valence-corrected chi connectivity index (χ2v) is 7.25. The molecule has 3 aromatic rings. The Bertz CT molecular complexity index is 954. The Morgan fingerprint density at radius 3 is 2.39 bits per heavy atom. The number of thioether (sulfide) groups is 1. The predicted octanol–water partition coefficient (Wildman–Crippen LogP) is 5.37. The average molecular weight is 392 g/mol. The van der Waals surface area contributed by atoms with Crippen LogP contribution in [0.1, 0.15) is 33.2 Å². The van der Waals surface area contributed by atoms with Crippen molar-refractivity contribution in [2.24, 2.45) is 0 Å². The maximum absolute atomic E-state index is 12.5. The number of carbonyl (C=O) groups excluding carboxylic acids is 2. The van der Waals surface area contributed by atoms with E-state index in [1.165, 1.54) is 0 Å². The molecule has 0 heterocycles. The molecule has 0 spiro atoms. The first-order valence-electron chi connectivity index (χ1n) is 8.92. The summed E-state index contributed by atoms with van der Waals surface area (Å²) < 4.78 is 10.8. The van der Waals surface area contributed by atoms with Crippen LogP contribution in [0.15, 0.2) is 83.8 Å². The summed E-state index contributed by atoms with van der Waals surface area (Å²) in [5, 5.41) is 0. The zero-order valence-electron chi connectivity index (χ0n) is 15.5. The number of hydrogen-bond donors (Lipinski definition) is 0. The molecule has 0 fully saturated rings. The van der Waals surface area contributed by atoms with Gasteiger partial charge in [0.1, 0.15) is 17.9 Å². The molecule has 0 aromatic heterocycles. The molecule has 0 aliphatic rings. The fourth-order valence-corrected chi connectivity index (χ4v) is 3.28. The fraction of sp³-hybridized carbons (Fsp3) is 0.130. The Kier molecular flexibility index (Phi) is 6.87. The van der Waals surface area contributed by atoms with Crippen molar-refractivity contribution in [2.45, 2.75) is 18.4 Å². The molecule has 0 amide bonds. The molecule has 0 aliphatic carbocycles. The monoisotopic (exact) mass is 392 g/mol. The molecule has 0 atom stereocenters. The van der Waals surface area contributed by atoms with Crippen LogP contribution >= 0.6 is 11.8 Å². The van der Waals surface area contributed by atoms with Crippen molar-refractivity contribution in [3.05, 3.63) is 95.6 Å². The van der Waals surface area contributed by atoms with Crippen LogP contribution in [0.2, 0.25) is 0 Å².